The van der Waals surface area contributed by atoms with Gasteiger partial charge in [-0.25, -0.2) is 0 Å². The second-order valence-corrected chi connectivity index (χ2v) is 6.02. The second kappa shape index (κ2) is 6.50. The minimum Gasteiger partial charge on any atom is -0.425 e. The Morgan fingerprint density at radius 2 is 2.08 bits per heavy atom. The Bertz CT molecular complexity index is 684. The lowest BCUT2D eigenvalue weighted by Crippen LogP contribution is -2.41. The molecule has 1 aliphatic rings. The monoisotopic (exact) mass is 345 g/mol. The van der Waals surface area contributed by atoms with Crippen LogP contribution in [-0.2, 0) is 13.0 Å². The average Bonchev–Trinajstić information content (AvgIpc) is 3.09. The molecule has 0 amide bonds. The average molecular weight is 345 g/mol. The molecule has 24 heavy (non-hydrogen) atoms. The second-order valence-electron chi connectivity index (χ2n) is 6.02. The Balaban J connectivity index is 1.66. The number of aromatic nitrogens is 4. The zero-order valence-corrected chi connectivity index (χ0v) is 13.4. The summed E-state index contributed by atoms with van der Waals surface area (Å²) in [6.45, 7) is 4.86. The van der Waals surface area contributed by atoms with Crippen molar-refractivity contribution in [1.29, 1.82) is 0 Å². The van der Waals surface area contributed by atoms with E-state index in [1.54, 1.807) is 6.92 Å². The van der Waals surface area contributed by atoms with Gasteiger partial charge >= 0.3 is 6.18 Å². The normalized spacial score (nSPS) is 22.9. The predicted molar refractivity (Wildman–Crippen MR) is 74.9 cm³/mol. The lowest BCUT2D eigenvalue weighted by Gasteiger charge is -2.36. The van der Waals surface area contributed by atoms with E-state index in [0.29, 0.717) is 18.3 Å². The quantitative estimate of drug-likeness (QED) is 0.842. The number of aryl methyl sites for hydroxylation is 1. The number of likely N-dealkylation sites (tertiary alicyclic amines) is 1. The van der Waals surface area contributed by atoms with Gasteiger partial charge in [0.2, 0.25) is 17.7 Å². The van der Waals surface area contributed by atoms with Gasteiger partial charge in [-0.2, -0.15) is 18.2 Å². The molecular weight excluding hydrogens is 327 g/mol. The number of piperidine rings is 1. The first-order valence-electron chi connectivity index (χ1n) is 7.74. The van der Waals surface area contributed by atoms with E-state index < -0.39 is 12.6 Å². The van der Waals surface area contributed by atoms with Crippen LogP contribution in [-0.4, -0.2) is 44.0 Å². The molecule has 0 aromatic carbocycles. The van der Waals surface area contributed by atoms with Gasteiger partial charge in [0.15, 0.2) is 5.82 Å². The van der Waals surface area contributed by atoms with Gasteiger partial charge in [-0.1, -0.05) is 5.16 Å². The van der Waals surface area contributed by atoms with Gasteiger partial charge in [0.25, 0.3) is 0 Å². The maximum atomic E-state index is 12.4. The molecule has 1 aliphatic heterocycles. The molecule has 7 nitrogen and oxygen atoms in total. The van der Waals surface area contributed by atoms with E-state index in [0.717, 1.165) is 19.4 Å². The minimum absolute atomic E-state index is 0.0802. The fourth-order valence-corrected chi connectivity index (χ4v) is 3.01. The maximum absolute atomic E-state index is 12.4. The zero-order chi connectivity index (χ0) is 17.3. The topological polar surface area (TPSA) is 81.1 Å². The molecule has 2 atom stereocenters. The molecule has 1 saturated heterocycles. The molecule has 10 heteroatoms. The van der Waals surface area contributed by atoms with E-state index in [1.165, 1.54) is 0 Å². The highest BCUT2D eigenvalue weighted by molar-refractivity contribution is 5.00. The van der Waals surface area contributed by atoms with Crippen molar-refractivity contribution < 1.29 is 22.1 Å². The van der Waals surface area contributed by atoms with Crippen molar-refractivity contribution in [1.82, 2.24) is 25.2 Å². The van der Waals surface area contributed by atoms with E-state index in [9.17, 15) is 13.2 Å². The summed E-state index contributed by atoms with van der Waals surface area (Å²) < 4.78 is 47.5. The summed E-state index contributed by atoms with van der Waals surface area (Å²) in [5.74, 6) is 1.03. The molecular formula is C14H18F3N5O2. The van der Waals surface area contributed by atoms with Crippen molar-refractivity contribution >= 4 is 0 Å². The van der Waals surface area contributed by atoms with Crippen LogP contribution in [0.25, 0.3) is 0 Å². The van der Waals surface area contributed by atoms with E-state index >= 15 is 0 Å². The van der Waals surface area contributed by atoms with Crippen LogP contribution in [0, 0.1) is 6.92 Å². The first-order chi connectivity index (χ1) is 11.3. The fourth-order valence-electron chi connectivity index (χ4n) is 3.01. The number of hydrogen-bond donors (Lipinski definition) is 0. The van der Waals surface area contributed by atoms with Gasteiger partial charge in [0.05, 0.1) is 12.5 Å². The van der Waals surface area contributed by atoms with Crippen LogP contribution in [0.1, 0.15) is 49.2 Å². The van der Waals surface area contributed by atoms with Crippen LogP contribution in [0.15, 0.2) is 8.94 Å². The molecule has 2 aromatic heterocycles. The summed E-state index contributed by atoms with van der Waals surface area (Å²) in [7, 11) is 0. The van der Waals surface area contributed by atoms with Crippen molar-refractivity contribution in [2.45, 2.75) is 57.8 Å². The standard InChI is InChI=1S/C14H18F3N5O2/c1-8-10(13-20-19-9(2)23-13)4-3-5-22(8)7-12-18-11(21-24-12)6-14(15,16)17/h8,10H,3-7H2,1-2H3/t8-,10-/m0/s1. The number of nitrogens with zero attached hydrogens (tertiary/aromatic N) is 5. The Labute approximate surface area is 136 Å². The largest absolute Gasteiger partial charge is 0.425 e. The predicted octanol–water partition coefficient (Wildman–Crippen LogP) is 2.63. The molecule has 3 rings (SSSR count). The number of hydrogen-bond acceptors (Lipinski definition) is 7. The lowest BCUT2D eigenvalue weighted by atomic mass is 9.90. The molecule has 1 fully saturated rings. The van der Waals surface area contributed by atoms with Crippen molar-refractivity contribution in [3.63, 3.8) is 0 Å². The maximum Gasteiger partial charge on any atom is 0.396 e. The molecule has 0 N–H and O–H groups in total. The summed E-state index contributed by atoms with van der Waals surface area (Å²) in [6.07, 6.45) is -3.70. The fraction of sp³-hybridized carbons (Fsp3) is 0.714. The van der Waals surface area contributed by atoms with Crippen molar-refractivity contribution in [3.8, 4) is 0 Å². The first kappa shape index (κ1) is 16.9. The van der Waals surface area contributed by atoms with Gasteiger partial charge < -0.3 is 8.94 Å². The van der Waals surface area contributed by atoms with E-state index in [4.69, 9.17) is 8.94 Å². The van der Waals surface area contributed by atoms with Crippen molar-refractivity contribution in [2.75, 3.05) is 6.54 Å². The highest BCUT2D eigenvalue weighted by Crippen LogP contribution is 2.32. The smallest absolute Gasteiger partial charge is 0.396 e. The minimum atomic E-state index is -4.35. The van der Waals surface area contributed by atoms with Crippen LogP contribution in [0.4, 0.5) is 13.2 Å². The van der Waals surface area contributed by atoms with Gasteiger partial charge in [-0.05, 0) is 26.3 Å². The Hall–Kier alpha value is -1.97. The van der Waals surface area contributed by atoms with Gasteiger partial charge in [-0.15, -0.1) is 10.2 Å². The summed E-state index contributed by atoms with van der Waals surface area (Å²) in [5.41, 5.74) is 0. The highest BCUT2D eigenvalue weighted by Gasteiger charge is 2.34. The summed E-state index contributed by atoms with van der Waals surface area (Å²) in [5, 5.41) is 11.3. The highest BCUT2D eigenvalue weighted by atomic mass is 19.4. The van der Waals surface area contributed by atoms with Crippen LogP contribution in [0.2, 0.25) is 0 Å². The van der Waals surface area contributed by atoms with Gasteiger partial charge in [0, 0.05) is 13.0 Å². The molecule has 0 bridgehead atoms. The van der Waals surface area contributed by atoms with Crippen LogP contribution in [0.3, 0.4) is 0 Å². The molecule has 3 heterocycles. The molecule has 0 unspecified atom stereocenters. The van der Waals surface area contributed by atoms with Crippen molar-refractivity contribution in [3.05, 3.63) is 23.5 Å². The SMILES string of the molecule is Cc1nnc([C@H]2CCCN(Cc3nc(CC(F)(F)F)no3)[C@H]2C)o1. The molecule has 0 saturated carbocycles. The summed E-state index contributed by atoms with van der Waals surface area (Å²) in [4.78, 5) is 5.92. The Kier molecular flexibility index (Phi) is 4.57. The van der Waals surface area contributed by atoms with Crippen LogP contribution in [0.5, 0.6) is 0 Å². The zero-order valence-electron chi connectivity index (χ0n) is 13.4. The number of alkyl halides is 3. The molecule has 0 radical (unpaired) electrons. The van der Waals surface area contributed by atoms with Gasteiger partial charge in [0.1, 0.15) is 6.42 Å². The van der Waals surface area contributed by atoms with Crippen LogP contribution >= 0.6 is 0 Å². The third-order valence-electron chi connectivity index (χ3n) is 4.18. The third-order valence-corrected chi connectivity index (χ3v) is 4.18. The van der Waals surface area contributed by atoms with E-state index in [-0.39, 0.29) is 23.7 Å². The lowest BCUT2D eigenvalue weighted by molar-refractivity contribution is -0.128. The van der Waals surface area contributed by atoms with E-state index in [2.05, 4.69) is 25.2 Å². The molecule has 2 aromatic rings. The van der Waals surface area contributed by atoms with Crippen LogP contribution < -0.4 is 0 Å². The molecule has 132 valence electrons. The summed E-state index contributed by atoms with van der Waals surface area (Å²) >= 11 is 0. The van der Waals surface area contributed by atoms with E-state index in [1.807, 2.05) is 6.92 Å². The number of halogens is 3. The summed E-state index contributed by atoms with van der Waals surface area (Å²) in [6, 6.07) is 0.0802. The Morgan fingerprint density at radius 3 is 2.75 bits per heavy atom. The Morgan fingerprint density at radius 1 is 1.29 bits per heavy atom. The van der Waals surface area contributed by atoms with Gasteiger partial charge in [-0.3, -0.25) is 4.90 Å². The molecule has 0 aliphatic carbocycles. The van der Waals surface area contributed by atoms with Crippen molar-refractivity contribution in [2.24, 2.45) is 0 Å². The number of rotatable bonds is 4. The third kappa shape index (κ3) is 3.92. The first-order valence-corrected chi connectivity index (χ1v) is 7.74. The molecule has 0 spiro atoms.